The van der Waals surface area contributed by atoms with Crippen LogP contribution in [0.3, 0.4) is 0 Å². The average Bonchev–Trinajstić information content (AvgIpc) is 2.33. The monoisotopic (exact) mass is 278 g/mol. The first-order valence-electron chi connectivity index (χ1n) is 5.32. The van der Waals surface area contributed by atoms with Gasteiger partial charge in [-0.2, -0.15) is 0 Å². The lowest BCUT2D eigenvalue weighted by Crippen LogP contribution is -1.94. The molecule has 0 saturated carbocycles. The molecule has 92 valence electrons. The maximum absolute atomic E-state index is 11.0. The third kappa shape index (κ3) is 2.71. The number of aryl methyl sites for hydroxylation is 2. The molecular formula is C13H11ClN2OS. The second-order valence-corrected chi connectivity index (χ2v) is 5.26. The van der Waals surface area contributed by atoms with Crippen molar-refractivity contribution in [3.05, 3.63) is 46.4 Å². The van der Waals surface area contributed by atoms with Crippen molar-refractivity contribution in [2.75, 3.05) is 0 Å². The van der Waals surface area contributed by atoms with Crippen molar-refractivity contribution in [1.82, 2.24) is 9.97 Å². The number of aldehydes is 1. The van der Waals surface area contributed by atoms with E-state index in [1.165, 1.54) is 23.7 Å². The number of carbonyl (C=O) groups is 1. The Morgan fingerprint density at radius 1 is 1.28 bits per heavy atom. The summed E-state index contributed by atoms with van der Waals surface area (Å²) in [4.78, 5) is 20.0. The molecule has 0 spiro atoms. The summed E-state index contributed by atoms with van der Waals surface area (Å²) in [6.07, 6.45) is 2.05. The van der Waals surface area contributed by atoms with E-state index in [4.69, 9.17) is 11.6 Å². The fraction of sp³-hybridized carbons (Fsp3) is 0.154. The molecule has 1 heterocycles. The van der Waals surface area contributed by atoms with Crippen LogP contribution in [0.2, 0.25) is 5.15 Å². The zero-order valence-electron chi connectivity index (χ0n) is 9.98. The Morgan fingerprint density at radius 3 is 2.72 bits per heavy atom. The summed E-state index contributed by atoms with van der Waals surface area (Å²) in [5.74, 6) is 0. The predicted molar refractivity (Wildman–Crippen MR) is 72.5 cm³/mol. The van der Waals surface area contributed by atoms with Gasteiger partial charge in [-0.15, -0.1) is 0 Å². The molecule has 18 heavy (non-hydrogen) atoms. The molecule has 0 atom stereocenters. The average molecular weight is 279 g/mol. The first-order chi connectivity index (χ1) is 8.61. The molecule has 2 aromatic rings. The van der Waals surface area contributed by atoms with Crippen molar-refractivity contribution < 1.29 is 4.79 Å². The van der Waals surface area contributed by atoms with Crippen LogP contribution in [0.5, 0.6) is 0 Å². The van der Waals surface area contributed by atoms with Crippen molar-refractivity contribution in [2.45, 2.75) is 23.8 Å². The van der Waals surface area contributed by atoms with E-state index in [-0.39, 0.29) is 5.15 Å². The summed E-state index contributed by atoms with van der Waals surface area (Å²) in [6.45, 7) is 4.07. The second-order valence-electron chi connectivity index (χ2n) is 3.87. The largest absolute Gasteiger partial charge is 0.298 e. The Kier molecular flexibility index (Phi) is 3.99. The lowest BCUT2D eigenvalue weighted by atomic mass is 10.2. The van der Waals surface area contributed by atoms with Crippen molar-refractivity contribution >= 4 is 29.6 Å². The molecule has 0 aliphatic carbocycles. The number of halogens is 1. The van der Waals surface area contributed by atoms with Gasteiger partial charge in [-0.3, -0.25) is 4.79 Å². The normalized spacial score (nSPS) is 10.4. The van der Waals surface area contributed by atoms with Gasteiger partial charge in [-0.05, 0) is 25.5 Å². The quantitative estimate of drug-likeness (QED) is 0.634. The Hall–Kier alpha value is -1.39. The van der Waals surface area contributed by atoms with Gasteiger partial charge in [0.2, 0.25) is 0 Å². The number of rotatable bonds is 3. The van der Waals surface area contributed by atoms with Gasteiger partial charge in [0.05, 0.1) is 5.56 Å². The van der Waals surface area contributed by atoms with E-state index in [9.17, 15) is 4.79 Å². The van der Waals surface area contributed by atoms with Crippen LogP contribution in [0.1, 0.15) is 21.5 Å². The van der Waals surface area contributed by atoms with Gasteiger partial charge in [0.1, 0.15) is 16.5 Å². The first-order valence-corrected chi connectivity index (χ1v) is 6.52. The summed E-state index contributed by atoms with van der Waals surface area (Å²) in [7, 11) is 0. The molecule has 0 aliphatic rings. The zero-order chi connectivity index (χ0) is 13.1. The number of nitrogens with zero attached hydrogens (tertiary/aromatic N) is 2. The number of aromatic nitrogens is 2. The third-order valence-corrected chi connectivity index (χ3v) is 3.95. The zero-order valence-corrected chi connectivity index (χ0v) is 11.5. The Balaban J connectivity index is 2.40. The summed E-state index contributed by atoms with van der Waals surface area (Å²) < 4.78 is 0. The van der Waals surface area contributed by atoms with Crippen LogP contribution in [0, 0.1) is 13.8 Å². The van der Waals surface area contributed by atoms with E-state index in [0.29, 0.717) is 16.9 Å². The van der Waals surface area contributed by atoms with Crippen LogP contribution in [0.25, 0.3) is 0 Å². The van der Waals surface area contributed by atoms with Crippen molar-refractivity contribution in [1.29, 1.82) is 0 Å². The fourth-order valence-electron chi connectivity index (χ4n) is 1.56. The molecule has 0 amide bonds. The molecule has 5 heteroatoms. The van der Waals surface area contributed by atoms with Gasteiger partial charge in [0.25, 0.3) is 0 Å². The lowest BCUT2D eigenvalue weighted by molar-refractivity contribution is 0.112. The Morgan fingerprint density at radius 2 is 2.06 bits per heavy atom. The molecule has 0 fully saturated rings. The van der Waals surface area contributed by atoms with Crippen molar-refractivity contribution in [3.8, 4) is 0 Å². The third-order valence-electron chi connectivity index (χ3n) is 2.45. The molecule has 1 aromatic heterocycles. The topological polar surface area (TPSA) is 42.9 Å². The van der Waals surface area contributed by atoms with Gasteiger partial charge in [0.15, 0.2) is 6.29 Å². The summed E-state index contributed by atoms with van der Waals surface area (Å²) in [5.41, 5.74) is 2.68. The highest BCUT2D eigenvalue weighted by atomic mass is 35.5. The van der Waals surface area contributed by atoms with Crippen LogP contribution in [0.4, 0.5) is 0 Å². The van der Waals surface area contributed by atoms with Crippen LogP contribution >= 0.6 is 23.4 Å². The van der Waals surface area contributed by atoms with Gasteiger partial charge in [-0.1, -0.05) is 41.1 Å². The van der Waals surface area contributed by atoms with Crippen molar-refractivity contribution in [2.24, 2.45) is 0 Å². The Bertz CT molecular complexity index is 602. The van der Waals surface area contributed by atoms with E-state index in [2.05, 4.69) is 16.0 Å². The lowest BCUT2D eigenvalue weighted by Gasteiger charge is -2.07. The minimum atomic E-state index is 0.187. The maximum atomic E-state index is 11.0. The predicted octanol–water partition coefficient (Wildman–Crippen LogP) is 3.71. The minimum absolute atomic E-state index is 0.187. The highest BCUT2D eigenvalue weighted by molar-refractivity contribution is 7.99. The van der Waals surface area contributed by atoms with Crippen LogP contribution in [0.15, 0.2) is 34.4 Å². The molecular weight excluding hydrogens is 268 g/mol. The van der Waals surface area contributed by atoms with E-state index >= 15 is 0 Å². The molecule has 0 radical (unpaired) electrons. The van der Waals surface area contributed by atoms with Crippen molar-refractivity contribution in [3.63, 3.8) is 0 Å². The number of hydrogen-bond donors (Lipinski definition) is 0. The standard InChI is InChI=1S/C13H11ClN2OS/c1-8-3-4-11(9(2)5-8)18-13-10(6-17)12(14)15-7-16-13/h3-7H,1-2H3. The van der Waals surface area contributed by atoms with Gasteiger partial charge in [0, 0.05) is 4.90 Å². The molecule has 0 bridgehead atoms. The highest BCUT2D eigenvalue weighted by Gasteiger charge is 2.11. The molecule has 2 rings (SSSR count). The van der Waals surface area contributed by atoms with Gasteiger partial charge in [-0.25, -0.2) is 9.97 Å². The molecule has 0 aliphatic heterocycles. The first kappa shape index (κ1) is 13.1. The highest BCUT2D eigenvalue weighted by Crippen LogP contribution is 2.32. The van der Waals surface area contributed by atoms with E-state index < -0.39 is 0 Å². The summed E-state index contributed by atoms with van der Waals surface area (Å²) in [5, 5.41) is 0.768. The van der Waals surface area contributed by atoms with Gasteiger partial charge >= 0.3 is 0 Å². The maximum Gasteiger partial charge on any atom is 0.155 e. The smallest absolute Gasteiger partial charge is 0.155 e. The van der Waals surface area contributed by atoms with E-state index in [1.54, 1.807) is 0 Å². The SMILES string of the molecule is Cc1ccc(Sc2ncnc(Cl)c2C=O)c(C)c1. The van der Waals surface area contributed by atoms with Crippen LogP contribution in [-0.2, 0) is 0 Å². The number of benzene rings is 1. The Labute approximate surface area is 115 Å². The molecule has 0 saturated heterocycles. The number of carbonyl (C=O) groups excluding carboxylic acids is 1. The molecule has 1 aromatic carbocycles. The molecule has 3 nitrogen and oxygen atoms in total. The summed E-state index contributed by atoms with van der Waals surface area (Å²) in [6, 6.07) is 6.13. The molecule has 0 N–H and O–H groups in total. The van der Waals surface area contributed by atoms with E-state index in [0.717, 1.165) is 10.5 Å². The molecule has 0 unspecified atom stereocenters. The van der Waals surface area contributed by atoms with Crippen LogP contribution < -0.4 is 0 Å². The fourth-order valence-corrected chi connectivity index (χ4v) is 2.71. The second kappa shape index (κ2) is 5.50. The van der Waals surface area contributed by atoms with Gasteiger partial charge < -0.3 is 0 Å². The summed E-state index contributed by atoms with van der Waals surface area (Å²) >= 11 is 7.29. The van der Waals surface area contributed by atoms with E-state index in [1.807, 2.05) is 26.0 Å². The number of hydrogen-bond acceptors (Lipinski definition) is 4. The van der Waals surface area contributed by atoms with Crippen LogP contribution in [-0.4, -0.2) is 16.3 Å². The minimum Gasteiger partial charge on any atom is -0.298 e.